The van der Waals surface area contributed by atoms with E-state index >= 15 is 0 Å². The highest BCUT2D eigenvalue weighted by atomic mass is 19.4. The van der Waals surface area contributed by atoms with Crippen molar-refractivity contribution < 1.29 is 22.8 Å². The van der Waals surface area contributed by atoms with E-state index in [0.717, 1.165) is 5.56 Å². The van der Waals surface area contributed by atoms with Gasteiger partial charge in [0.2, 0.25) is 0 Å². The summed E-state index contributed by atoms with van der Waals surface area (Å²) in [4.78, 5) is 23.7. The Balaban J connectivity index is 1.74. The minimum absolute atomic E-state index is 0.170. The van der Waals surface area contributed by atoms with Gasteiger partial charge in [0, 0.05) is 38.1 Å². The summed E-state index contributed by atoms with van der Waals surface area (Å²) in [5, 5.41) is 0. The molecule has 23 heavy (non-hydrogen) atoms. The number of hydroxylamine groups is 1. The van der Waals surface area contributed by atoms with Crippen LogP contribution in [0.5, 0.6) is 0 Å². The number of halogens is 3. The van der Waals surface area contributed by atoms with Crippen LogP contribution >= 0.6 is 0 Å². The molecule has 0 radical (unpaired) electrons. The topological polar surface area (TPSA) is 57.7 Å². The van der Waals surface area contributed by atoms with Crippen LogP contribution in [0.3, 0.4) is 0 Å². The lowest BCUT2D eigenvalue weighted by Gasteiger charge is -2.39. The molecular formula is C14H19F3N4O2. The smallest absolute Gasteiger partial charge is 0.320 e. The lowest BCUT2D eigenvalue weighted by Crippen LogP contribution is -2.57. The zero-order valence-corrected chi connectivity index (χ0v) is 12.7. The van der Waals surface area contributed by atoms with Crippen molar-refractivity contribution in [1.82, 2.24) is 20.3 Å². The average molecular weight is 332 g/mol. The number of hydrogen-bond donors (Lipinski definition) is 1. The third-order valence-electron chi connectivity index (χ3n) is 3.56. The van der Waals surface area contributed by atoms with E-state index < -0.39 is 18.8 Å². The van der Waals surface area contributed by atoms with Crippen LogP contribution in [-0.4, -0.2) is 59.2 Å². The fraction of sp³-hybridized carbons (Fsp3) is 0.571. The second-order valence-electron chi connectivity index (χ2n) is 5.44. The lowest BCUT2D eigenvalue weighted by atomic mass is 10.2. The van der Waals surface area contributed by atoms with Gasteiger partial charge in [-0.2, -0.15) is 13.2 Å². The molecule has 0 aliphatic carbocycles. The summed E-state index contributed by atoms with van der Waals surface area (Å²) in [5.74, 6) is 0. The highest BCUT2D eigenvalue weighted by Gasteiger charge is 2.35. The van der Waals surface area contributed by atoms with Gasteiger partial charge in [-0.3, -0.25) is 14.7 Å². The maximum Gasteiger partial charge on any atom is 0.401 e. The van der Waals surface area contributed by atoms with E-state index in [4.69, 9.17) is 4.84 Å². The highest BCUT2D eigenvalue weighted by Crippen LogP contribution is 2.20. The van der Waals surface area contributed by atoms with Crippen molar-refractivity contribution in [1.29, 1.82) is 0 Å². The molecule has 0 spiro atoms. The lowest BCUT2D eigenvalue weighted by molar-refractivity contribution is -0.154. The molecule has 0 unspecified atom stereocenters. The number of carbonyl (C=O) groups excluding carboxylic acids is 1. The molecule has 0 aromatic carbocycles. The number of alkyl halides is 3. The molecule has 1 N–H and O–H groups in total. The number of urea groups is 1. The Morgan fingerprint density at radius 2 is 2.26 bits per heavy atom. The first-order valence-corrected chi connectivity index (χ1v) is 7.21. The number of pyridine rings is 1. The predicted molar refractivity (Wildman–Crippen MR) is 76.2 cm³/mol. The van der Waals surface area contributed by atoms with Gasteiger partial charge in [0.25, 0.3) is 0 Å². The predicted octanol–water partition coefficient (Wildman–Crippen LogP) is 1.79. The van der Waals surface area contributed by atoms with Gasteiger partial charge in [0.15, 0.2) is 0 Å². The molecule has 1 saturated heterocycles. The quantitative estimate of drug-likeness (QED) is 0.854. The molecule has 6 nitrogen and oxygen atoms in total. The molecule has 128 valence electrons. The van der Waals surface area contributed by atoms with Crippen LogP contribution in [0, 0.1) is 0 Å². The van der Waals surface area contributed by atoms with Gasteiger partial charge >= 0.3 is 12.2 Å². The van der Waals surface area contributed by atoms with Gasteiger partial charge in [0.05, 0.1) is 6.54 Å². The molecule has 2 rings (SSSR count). The van der Waals surface area contributed by atoms with E-state index in [9.17, 15) is 18.0 Å². The van der Waals surface area contributed by atoms with Crippen LogP contribution in [0.15, 0.2) is 24.5 Å². The van der Waals surface area contributed by atoms with E-state index in [1.165, 1.54) is 9.80 Å². The summed E-state index contributed by atoms with van der Waals surface area (Å²) >= 11 is 0. The van der Waals surface area contributed by atoms with Crippen LogP contribution < -0.4 is 5.48 Å². The summed E-state index contributed by atoms with van der Waals surface area (Å²) in [6.45, 7) is 1.50. The maximum atomic E-state index is 12.4. The van der Waals surface area contributed by atoms with Gasteiger partial charge in [-0.25, -0.2) is 10.3 Å². The molecule has 9 heteroatoms. The Morgan fingerprint density at radius 3 is 2.87 bits per heavy atom. The van der Waals surface area contributed by atoms with Gasteiger partial charge in [-0.05, 0) is 18.6 Å². The monoisotopic (exact) mass is 332 g/mol. The first-order valence-electron chi connectivity index (χ1n) is 7.21. The van der Waals surface area contributed by atoms with Crippen LogP contribution in [0.2, 0.25) is 0 Å². The molecule has 0 bridgehead atoms. The Labute approximate surface area is 132 Å². The zero-order valence-electron chi connectivity index (χ0n) is 12.7. The molecule has 0 saturated carbocycles. The zero-order chi connectivity index (χ0) is 16.9. The standard InChI is InChI=1S/C14H19F3N4O2/c1-11-8-20(5-6-21(11)10-14(15,16)17)13(22)19-23-9-12-3-2-4-18-7-12/h2-4,7,11H,5-6,8-10H2,1H3,(H,19,22)/t11-/m0/s1. The van der Waals surface area contributed by atoms with Gasteiger partial charge in [-0.1, -0.05) is 6.07 Å². The van der Waals surface area contributed by atoms with Gasteiger partial charge in [0.1, 0.15) is 6.61 Å². The van der Waals surface area contributed by atoms with Crippen molar-refractivity contribution in [3.05, 3.63) is 30.1 Å². The normalized spacial score (nSPS) is 19.7. The van der Waals surface area contributed by atoms with E-state index in [-0.39, 0.29) is 32.3 Å². The molecule has 2 heterocycles. The van der Waals surface area contributed by atoms with Crippen molar-refractivity contribution in [3.8, 4) is 0 Å². The first-order chi connectivity index (χ1) is 10.8. The van der Waals surface area contributed by atoms with Crippen molar-refractivity contribution in [2.75, 3.05) is 26.2 Å². The summed E-state index contributed by atoms with van der Waals surface area (Å²) < 4.78 is 37.3. The fourth-order valence-electron chi connectivity index (χ4n) is 2.37. The number of rotatable bonds is 4. The van der Waals surface area contributed by atoms with Crippen LogP contribution in [-0.2, 0) is 11.4 Å². The minimum Gasteiger partial charge on any atom is -0.320 e. The number of hydrogen-bond acceptors (Lipinski definition) is 4. The third kappa shape index (κ3) is 5.68. The first kappa shape index (κ1) is 17.5. The maximum absolute atomic E-state index is 12.4. The summed E-state index contributed by atoms with van der Waals surface area (Å²) in [6.07, 6.45) is -0.987. The number of aromatic nitrogens is 1. The number of carbonyl (C=O) groups is 1. The molecule has 1 aromatic heterocycles. The fourth-order valence-corrected chi connectivity index (χ4v) is 2.37. The number of nitrogens with one attached hydrogen (secondary N) is 1. The largest absolute Gasteiger partial charge is 0.401 e. The van der Waals surface area contributed by atoms with Crippen LogP contribution in [0.4, 0.5) is 18.0 Å². The number of amides is 2. The Bertz CT molecular complexity index is 512. The SMILES string of the molecule is C[C@H]1CN(C(=O)NOCc2cccnc2)CCN1CC(F)(F)F. The summed E-state index contributed by atoms with van der Waals surface area (Å²) in [6, 6.07) is 2.74. The molecule has 1 fully saturated rings. The van der Waals surface area contributed by atoms with E-state index in [2.05, 4.69) is 10.5 Å². The van der Waals surface area contributed by atoms with E-state index in [0.29, 0.717) is 0 Å². The molecule has 1 aromatic rings. The average Bonchev–Trinajstić information content (AvgIpc) is 2.49. The van der Waals surface area contributed by atoms with Crippen molar-refractivity contribution >= 4 is 6.03 Å². The third-order valence-corrected chi connectivity index (χ3v) is 3.56. The molecule has 1 atom stereocenters. The molecule has 2 amide bonds. The van der Waals surface area contributed by atoms with Crippen LogP contribution in [0.25, 0.3) is 0 Å². The van der Waals surface area contributed by atoms with Crippen molar-refractivity contribution in [2.24, 2.45) is 0 Å². The molecule has 1 aliphatic heterocycles. The Hall–Kier alpha value is -1.87. The van der Waals surface area contributed by atoms with Gasteiger partial charge < -0.3 is 4.90 Å². The van der Waals surface area contributed by atoms with Crippen molar-refractivity contribution in [2.45, 2.75) is 25.7 Å². The number of nitrogens with zero attached hydrogens (tertiary/aromatic N) is 3. The van der Waals surface area contributed by atoms with Crippen LogP contribution in [0.1, 0.15) is 12.5 Å². The second kappa shape index (κ2) is 7.60. The second-order valence-corrected chi connectivity index (χ2v) is 5.44. The summed E-state index contributed by atoms with van der Waals surface area (Å²) in [7, 11) is 0. The molecular weight excluding hydrogens is 313 g/mol. The molecule has 1 aliphatic rings. The number of piperazine rings is 1. The minimum atomic E-state index is -4.23. The Morgan fingerprint density at radius 1 is 1.48 bits per heavy atom. The van der Waals surface area contributed by atoms with Crippen molar-refractivity contribution in [3.63, 3.8) is 0 Å². The summed E-state index contributed by atoms with van der Waals surface area (Å²) in [5.41, 5.74) is 3.10. The Kier molecular flexibility index (Phi) is 5.78. The van der Waals surface area contributed by atoms with E-state index in [1.807, 2.05) is 0 Å². The van der Waals surface area contributed by atoms with E-state index in [1.54, 1.807) is 31.5 Å². The van der Waals surface area contributed by atoms with Gasteiger partial charge in [-0.15, -0.1) is 0 Å². The highest BCUT2D eigenvalue weighted by molar-refractivity contribution is 5.73.